The SMILES string of the molecule is CNC(=O)NC(C(=O)N1CCCC1C(C)=O)C(C)(C)C. The quantitative estimate of drug-likeness (QED) is 0.808. The maximum atomic E-state index is 12.7. The van der Waals surface area contributed by atoms with Crippen LogP contribution in [0, 0.1) is 5.41 Å². The van der Waals surface area contributed by atoms with E-state index < -0.39 is 17.5 Å². The largest absolute Gasteiger partial charge is 0.341 e. The monoisotopic (exact) mass is 283 g/mol. The molecule has 1 saturated heterocycles. The van der Waals surface area contributed by atoms with Crippen LogP contribution < -0.4 is 10.6 Å². The molecule has 1 rings (SSSR count). The van der Waals surface area contributed by atoms with Crippen molar-refractivity contribution in [2.24, 2.45) is 5.41 Å². The smallest absolute Gasteiger partial charge is 0.315 e. The van der Waals surface area contributed by atoms with Crippen molar-refractivity contribution in [2.75, 3.05) is 13.6 Å². The zero-order chi connectivity index (χ0) is 15.5. The first-order valence-electron chi connectivity index (χ1n) is 6.97. The molecule has 3 amide bonds. The molecule has 0 aromatic heterocycles. The molecular weight excluding hydrogens is 258 g/mol. The van der Waals surface area contributed by atoms with Crippen molar-refractivity contribution < 1.29 is 14.4 Å². The van der Waals surface area contributed by atoms with Gasteiger partial charge in [-0.05, 0) is 25.2 Å². The van der Waals surface area contributed by atoms with Crippen molar-refractivity contribution in [3.05, 3.63) is 0 Å². The Morgan fingerprint density at radius 2 is 1.85 bits per heavy atom. The van der Waals surface area contributed by atoms with Crippen molar-refractivity contribution >= 4 is 17.7 Å². The van der Waals surface area contributed by atoms with Gasteiger partial charge in [0.1, 0.15) is 6.04 Å². The van der Waals surface area contributed by atoms with Crippen molar-refractivity contribution in [3.63, 3.8) is 0 Å². The molecule has 114 valence electrons. The highest BCUT2D eigenvalue weighted by atomic mass is 16.2. The van der Waals surface area contributed by atoms with Gasteiger partial charge in [0.2, 0.25) is 5.91 Å². The molecule has 0 aliphatic carbocycles. The number of hydrogen-bond donors (Lipinski definition) is 2. The van der Waals surface area contributed by atoms with Gasteiger partial charge in [-0.3, -0.25) is 9.59 Å². The van der Waals surface area contributed by atoms with Crippen LogP contribution in [-0.4, -0.2) is 48.3 Å². The van der Waals surface area contributed by atoms with E-state index in [0.29, 0.717) is 13.0 Å². The number of amides is 3. The van der Waals surface area contributed by atoms with E-state index in [1.54, 1.807) is 4.90 Å². The summed E-state index contributed by atoms with van der Waals surface area (Å²) in [6, 6.07) is -1.39. The summed E-state index contributed by atoms with van der Waals surface area (Å²) >= 11 is 0. The lowest BCUT2D eigenvalue weighted by atomic mass is 9.85. The van der Waals surface area contributed by atoms with Gasteiger partial charge in [0.05, 0.1) is 6.04 Å². The van der Waals surface area contributed by atoms with Crippen molar-refractivity contribution in [2.45, 2.75) is 52.6 Å². The molecule has 0 aromatic carbocycles. The topological polar surface area (TPSA) is 78.5 Å². The summed E-state index contributed by atoms with van der Waals surface area (Å²) in [5.41, 5.74) is -0.423. The van der Waals surface area contributed by atoms with E-state index >= 15 is 0 Å². The zero-order valence-electron chi connectivity index (χ0n) is 12.9. The van der Waals surface area contributed by atoms with Gasteiger partial charge in [0.25, 0.3) is 0 Å². The highest BCUT2D eigenvalue weighted by Gasteiger charge is 2.40. The number of urea groups is 1. The molecule has 2 atom stereocenters. The Morgan fingerprint density at radius 1 is 1.25 bits per heavy atom. The van der Waals surface area contributed by atoms with Crippen LogP contribution in [0.2, 0.25) is 0 Å². The summed E-state index contributed by atoms with van der Waals surface area (Å²) in [5.74, 6) is -0.178. The number of rotatable bonds is 3. The second kappa shape index (κ2) is 6.24. The third kappa shape index (κ3) is 3.71. The van der Waals surface area contributed by atoms with E-state index in [2.05, 4.69) is 10.6 Å². The van der Waals surface area contributed by atoms with Gasteiger partial charge >= 0.3 is 6.03 Å². The number of nitrogens with one attached hydrogen (secondary N) is 2. The number of ketones is 1. The molecular formula is C14H25N3O3. The fraction of sp³-hybridized carbons (Fsp3) is 0.786. The average Bonchev–Trinajstić information content (AvgIpc) is 2.82. The summed E-state index contributed by atoms with van der Waals surface area (Å²) in [4.78, 5) is 37.5. The average molecular weight is 283 g/mol. The van der Waals surface area contributed by atoms with Crippen molar-refractivity contribution in [1.29, 1.82) is 0 Å². The molecule has 1 aliphatic heterocycles. The molecule has 1 aliphatic rings. The Bertz CT molecular complexity index is 401. The van der Waals surface area contributed by atoms with Gasteiger partial charge in [-0.15, -0.1) is 0 Å². The Balaban J connectivity index is 2.93. The lowest BCUT2D eigenvalue weighted by molar-refractivity contribution is -0.140. The van der Waals surface area contributed by atoms with E-state index in [0.717, 1.165) is 6.42 Å². The summed E-state index contributed by atoms with van der Waals surface area (Å²) < 4.78 is 0. The summed E-state index contributed by atoms with van der Waals surface area (Å²) in [6.07, 6.45) is 1.53. The third-order valence-electron chi connectivity index (χ3n) is 3.62. The molecule has 6 nitrogen and oxygen atoms in total. The normalized spacial score (nSPS) is 20.4. The lowest BCUT2D eigenvalue weighted by Gasteiger charge is -2.35. The van der Waals surface area contributed by atoms with Crippen LogP contribution in [0.25, 0.3) is 0 Å². The fourth-order valence-electron chi connectivity index (χ4n) is 2.47. The number of Topliss-reactive ketones (excluding diaryl/α,β-unsaturated/α-hetero) is 1. The van der Waals surface area contributed by atoms with E-state index in [1.165, 1.54) is 14.0 Å². The van der Waals surface area contributed by atoms with Crippen LogP contribution in [0.5, 0.6) is 0 Å². The second-order valence-electron chi connectivity index (χ2n) is 6.32. The van der Waals surface area contributed by atoms with Crippen LogP contribution >= 0.6 is 0 Å². The van der Waals surface area contributed by atoms with Gasteiger partial charge in [-0.1, -0.05) is 20.8 Å². The number of hydrogen-bond acceptors (Lipinski definition) is 3. The van der Waals surface area contributed by atoms with Crippen LogP contribution in [-0.2, 0) is 9.59 Å². The minimum Gasteiger partial charge on any atom is -0.341 e. The lowest BCUT2D eigenvalue weighted by Crippen LogP contribution is -2.57. The maximum Gasteiger partial charge on any atom is 0.315 e. The molecule has 0 saturated carbocycles. The number of carbonyl (C=O) groups is 3. The molecule has 0 radical (unpaired) electrons. The molecule has 0 bridgehead atoms. The Morgan fingerprint density at radius 3 is 2.30 bits per heavy atom. The maximum absolute atomic E-state index is 12.7. The van der Waals surface area contributed by atoms with Crippen LogP contribution in [0.1, 0.15) is 40.5 Å². The molecule has 2 N–H and O–H groups in total. The Kier molecular flexibility index (Phi) is 5.14. The van der Waals surface area contributed by atoms with E-state index in [1.807, 2.05) is 20.8 Å². The van der Waals surface area contributed by atoms with Crippen molar-refractivity contribution in [3.8, 4) is 0 Å². The van der Waals surface area contributed by atoms with E-state index in [-0.39, 0.29) is 17.7 Å². The number of carbonyl (C=O) groups excluding carboxylic acids is 3. The summed E-state index contributed by atoms with van der Waals surface area (Å²) in [7, 11) is 1.51. The van der Waals surface area contributed by atoms with Gasteiger partial charge in [-0.25, -0.2) is 4.79 Å². The first kappa shape index (κ1) is 16.5. The minimum absolute atomic E-state index is 0.00320. The predicted octanol–water partition coefficient (Wildman–Crippen LogP) is 0.910. The van der Waals surface area contributed by atoms with Crippen molar-refractivity contribution in [1.82, 2.24) is 15.5 Å². The van der Waals surface area contributed by atoms with Gasteiger partial charge in [0, 0.05) is 13.6 Å². The highest BCUT2D eigenvalue weighted by molar-refractivity contribution is 5.92. The highest BCUT2D eigenvalue weighted by Crippen LogP contribution is 2.25. The Hall–Kier alpha value is -1.59. The predicted molar refractivity (Wildman–Crippen MR) is 76.3 cm³/mol. The van der Waals surface area contributed by atoms with Gasteiger partial charge in [-0.2, -0.15) is 0 Å². The van der Waals surface area contributed by atoms with E-state index in [4.69, 9.17) is 0 Å². The molecule has 20 heavy (non-hydrogen) atoms. The first-order chi connectivity index (χ1) is 9.18. The van der Waals surface area contributed by atoms with Gasteiger partial charge < -0.3 is 15.5 Å². The molecule has 0 aromatic rings. The first-order valence-corrected chi connectivity index (χ1v) is 6.97. The zero-order valence-corrected chi connectivity index (χ0v) is 12.9. The third-order valence-corrected chi connectivity index (χ3v) is 3.62. The standard InChI is InChI=1S/C14H25N3O3/c1-9(18)10-7-6-8-17(10)12(19)11(14(2,3)4)16-13(20)15-5/h10-11H,6-8H2,1-5H3,(H2,15,16,20). The molecule has 2 unspecified atom stereocenters. The van der Waals surface area contributed by atoms with Gasteiger partial charge in [0.15, 0.2) is 5.78 Å². The second-order valence-corrected chi connectivity index (χ2v) is 6.32. The Labute approximate surface area is 120 Å². The van der Waals surface area contributed by atoms with Crippen LogP contribution in [0.3, 0.4) is 0 Å². The summed E-state index contributed by atoms with van der Waals surface area (Å²) in [5, 5.41) is 5.15. The molecule has 0 spiro atoms. The fourth-order valence-corrected chi connectivity index (χ4v) is 2.47. The molecule has 1 heterocycles. The molecule has 6 heteroatoms. The minimum atomic E-state index is -0.651. The summed E-state index contributed by atoms with van der Waals surface area (Å²) in [6.45, 7) is 7.76. The number of likely N-dealkylation sites (tertiary alicyclic amines) is 1. The van der Waals surface area contributed by atoms with E-state index in [9.17, 15) is 14.4 Å². The van der Waals surface area contributed by atoms with Crippen LogP contribution in [0.4, 0.5) is 4.79 Å². The van der Waals surface area contributed by atoms with Crippen LogP contribution in [0.15, 0.2) is 0 Å². The molecule has 1 fully saturated rings. The number of nitrogens with zero attached hydrogens (tertiary/aromatic N) is 1.